The fourth-order valence-corrected chi connectivity index (χ4v) is 1.89. The molecule has 3 heteroatoms. The van der Waals surface area contributed by atoms with Crippen LogP contribution in [0.3, 0.4) is 0 Å². The first-order valence-corrected chi connectivity index (χ1v) is 6.05. The van der Waals surface area contributed by atoms with Crippen LogP contribution in [0.5, 0.6) is 0 Å². The van der Waals surface area contributed by atoms with Crippen LogP contribution < -0.4 is 0 Å². The van der Waals surface area contributed by atoms with Gasteiger partial charge in [0.2, 0.25) is 0 Å². The molecule has 1 heterocycles. The molecule has 0 saturated heterocycles. The Bertz CT molecular complexity index is 494. The molecule has 0 aliphatic heterocycles. The van der Waals surface area contributed by atoms with E-state index in [1.165, 1.54) is 5.56 Å². The molecule has 3 nitrogen and oxygen atoms in total. The zero-order valence-electron chi connectivity index (χ0n) is 10.2. The Morgan fingerprint density at radius 2 is 1.78 bits per heavy atom. The highest BCUT2D eigenvalue weighted by atomic mass is 16.4. The number of nitrogens with zero attached hydrogens (tertiary/aromatic N) is 2. The predicted molar refractivity (Wildman–Crippen MR) is 71.9 cm³/mol. The second-order valence-electron chi connectivity index (χ2n) is 4.12. The molecule has 0 atom stereocenters. The molecule has 0 fully saturated rings. The molecule has 0 unspecified atom stereocenters. The third-order valence-electron chi connectivity index (χ3n) is 2.86. The van der Waals surface area contributed by atoms with Crippen molar-refractivity contribution in [1.82, 2.24) is 4.98 Å². The highest BCUT2D eigenvalue weighted by Gasteiger charge is 2.03. The third-order valence-corrected chi connectivity index (χ3v) is 2.86. The quantitative estimate of drug-likeness (QED) is 0.495. The third kappa shape index (κ3) is 3.42. The Kier molecular flexibility index (Phi) is 4.47. The Balaban J connectivity index is 1.90. The van der Waals surface area contributed by atoms with Crippen molar-refractivity contribution in [2.45, 2.75) is 19.3 Å². The zero-order chi connectivity index (χ0) is 12.6. The summed E-state index contributed by atoms with van der Waals surface area (Å²) in [5.41, 5.74) is 2.98. The SMILES string of the molecule is O/N=C(\CCCc1ccncc1)c1ccccc1. The molecule has 0 aliphatic rings. The molecule has 1 aromatic heterocycles. The normalized spacial score (nSPS) is 11.4. The summed E-state index contributed by atoms with van der Waals surface area (Å²) in [6, 6.07) is 13.8. The van der Waals surface area contributed by atoms with Crippen LogP contribution in [0.15, 0.2) is 60.0 Å². The van der Waals surface area contributed by atoms with Crippen molar-refractivity contribution in [3.05, 3.63) is 66.0 Å². The van der Waals surface area contributed by atoms with Crippen molar-refractivity contribution >= 4 is 5.71 Å². The average molecular weight is 240 g/mol. The molecule has 0 spiro atoms. The molecule has 1 aromatic carbocycles. The summed E-state index contributed by atoms with van der Waals surface area (Å²) in [7, 11) is 0. The first-order chi connectivity index (χ1) is 8.90. The van der Waals surface area contributed by atoms with E-state index < -0.39 is 0 Å². The lowest BCUT2D eigenvalue weighted by molar-refractivity contribution is 0.318. The lowest BCUT2D eigenvalue weighted by atomic mass is 10.0. The summed E-state index contributed by atoms with van der Waals surface area (Å²) in [5, 5.41) is 12.4. The van der Waals surface area contributed by atoms with Gasteiger partial charge in [-0.05, 0) is 42.5 Å². The van der Waals surface area contributed by atoms with Gasteiger partial charge in [-0.2, -0.15) is 0 Å². The van der Waals surface area contributed by atoms with Crippen LogP contribution in [-0.4, -0.2) is 15.9 Å². The van der Waals surface area contributed by atoms with Crippen LogP contribution in [0.25, 0.3) is 0 Å². The second-order valence-corrected chi connectivity index (χ2v) is 4.12. The van der Waals surface area contributed by atoms with E-state index in [2.05, 4.69) is 10.1 Å². The first kappa shape index (κ1) is 12.3. The van der Waals surface area contributed by atoms with E-state index in [1.807, 2.05) is 42.5 Å². The van der Waals surface area contributed by atoms with Gasteiger partial charge in [0.1, 0.15) is 0 Å². The summed E-state index contributed by atoms with van der Waals surface area (Å²) in [6.45, 7) is 0. The van der Waals surface area contributed by atoms with Gasteiger partial charge in [0.25, 0.3) is 0 Å². The van der Waals surface area contributed by atoms with Crippen LogP contribution in [-0.2, 0) is 6.42 Å². The first-order valence-electron chi connectivity index (χ1n) is 6.05. The number of aryl methyl sites for hydroxylation is 1. The Hall–Kier alpha value is -2.16. The van der Waals surface area contributed by atoms with Gasteiger partial charge >= 0.3 is 0 Å². The maximum Gasteiger partial charge on any atom is 0.0867 e. The van der Waals surface area contributed by atoms with Crippen molar-refractivity contribution < 1.29 is 5.21 Å². The summed E-state index contributed by atoms with van der Waals surface area (Å²) in [4.78, 5) is 3.99. The minimum absolute atomic E-state index is 0.740. The standard InChI is InChI=1S/C15H16N2O/c18-17-15(14-6-2-1-3-7-14)8-4-5-13-9-11-16-12-10-13/h1-3,6-7,9-12,18H,4-5,8H2/b17-15+. The number of aromatic nitrogens is 1. The fourth-order valence-electron chi connectivity index (χ4n) is 1.89. The molecule has 0 radical (unpaired) electrons. The van der Waals surface area contributed by atoms with E-state index in [0.29, 0.717) is 0 Å². The zero-order valence-corrected chi connectivity index (χ0v) is 10.2. The lowest BCUT2D eigenvalue weighted by Gasteiger charge is -2.04. The summed E-state index contributed by atoms with van der Waals surface area (Å²) in [5.74, 6) is 0. The number of benzene rings is 1. The Labute approximate surface area is 107 Å². The predicted octanol–water partition coefficient (Wildman–Crippen LogP) is 3.28. The molecular formula is C15H16N2O. The molecule has 0 saturated carbocycles. The Morgan fingerprint density at radius 3 is 2.44 bits per heavy atom. The van der Waals surface area contributed by atoms with Gasteiger partial charge in [0, 0.05) is 12.4 Å². The molecule has 0 bridgehead atoms. The average Bonchev–Trinajstić information content (AvgIpc) is 2.46. The number of hydrogen-bond acceptors (Lipinski definition) is 3. The monoisotopic (exact) mass is 240 g/mol. The van der Waals surface area contributed by atoms with Gasteiger partial charge < -0.3 is 5.21 Å². The van der Waals surface area contributed by atoms with Crippen LogP contribution >= 0.6 is 0 Å². The number of oxime groups is 1. The van der Waals surface area contributed by atoms with Crippen LogP contribution in [0.2, 0.25) is 0 Å². The summed E-state index contributed by atoms with van der Waals surface area (Å²) >= 11 is 0. The second kappa shape index (κ2) is 6.55. The molecular weight excluding hydrogens is 224 g/mol. The summed E-state index contributed by atoms with van der Waals surface area (Å²) in [6.07, 6.45) is 6.29. The van der Waals surface area contributed by atoms with E-state index in [9.17, 15) is 0 Å². The number of hydrogen-bond donors (Lipinski definition) is 1. The van der Waals surface area contributed by atoms with E-state index in [4.69, 9.17) is 5.21 Å². The smallest absolute Gasteiger partial charge is 0.0867 e. The minimum Gasteiger partial charge on any atom is -0.411 e. The van der Waals surface area contributed by atoms with Crippen LogP contribution in [0, 0.1) is 0 Å². The highest BCUT2D eigenvalue weighted by molar-refractivity contribution is 6.00. The van der Waals surface area contributed by atoms with Crippen molar-refractivity contribution in [2.24, 2.45) is 5.16 Å². The van der Waals surface area contributed by atoms with E-state index in [-0.39, 0.29) is 0 Å². The topological polar surface area (TPSA) is 45.5 Å². The van der Waals surface area contributed by atoms with Gasteiger partial charge in [0.05, 0.1) is 5.71 Å². The van der Waals surface area contributed by atoms with Crippen LogP contribution in [0.4, 0.5) is 0 Å². The molecule has 18 heavy (non-hydrogen) atoms. The van der Waals surface area contributed by atoms with Crippen molar-refractivity contribution in [2.75, 3.05) is 0 Å². The number of rotatable bonds is 5. The van der Waals surface area contributed by atoms with Gasteiger partial charge in [0.15, 0.2) is 0 Å². The highest BCUT2D eigenvalue weighted by Crippen LogP contribution is 2.09. The van der Waals surface area contributed by atoms with E-state index in [0.717, 1.165) is 30.5 Å². The van der Waals surface area contributed by atoms with Gasteiger partial charge in [-0.1, -0.05) is 35.5 Å². The molecule has 2 aromatic rings. The lowest BCUT2D eigenvalue weighted by Crippen LogP contribution is -2.01. The van der Waals surface area contributed by atoms with Gasteiger partial charge in [-0.15, -0.1) is 0 Å². The minimum atomic E-state index is 0.740. The molecule has 92 valence electrons. The largest absolute Gasteiger partial charge is 0.411 e. The molecule has 0 aliphatic carbocycles. The van der Waals surface area contributed by atoms with Crippen LogP contribution in [0.1, 0.15) is 24.0 Å². The number of pyridine rings is 1. The molecule has 0 amide bonds. The summed E-state index contributed by atoms with van der Waals surface area (Å²) < 4.78 is 0. The van der Waals surface area contributed by atoms with E-state index >= 15 is 0 Å². The van der Waals surface area contributed by atoms with Crippen molar-refractivity contribution in [3.63, 3.8) is 0 Å². The Morgan fingerprint density at radius 1 is 1.06 bits per heavy atom. The maximum absolute atomic E-state index is 9.05. The van der Waals surface area contributed by atoms with Gasteiger partial charge in [-0.3, -0.25) is 4.98 Å². The fraction of sp³-hybridized carbons (Fsp3) is 0.200. The van der Waals surface area contributed by atoms with Crippen molar-refractivity contribution in [1.29, 1.82) is 0 Å². The molecule has 1 N–H and O–H groups in total. The van der Waals surface area contributed by atoms with Gasteiger partial charge in [-0.25, -0.2) is 0 Å². The van der Waals surface area contributed by atoms with E-state index in [1.54, 1.807) is 12.4 Å². The van der Waals surface area contributed by atoms with Crippen molar-refractivity contribution in [3.8, 4) is 0 Å². The molecule has 2 rings (SSSR count). The maximum atomic E-state index is 9.05.